The van der Waals surface area contributed by atoms with Gasteiger partial charge < -0.3 is 4.42 Å². The number of hydrogen-bond donors (Lipinski definition) is 1. The van der Waals surface area contributed by atoms with Gasteiger partial charge in [0.1, 0.15) is 5.76 Å². The quantitative estimate of drug-likeness (QED) is 0.910. The molecule has 6 heteroatoms. The normalized spacial score (nSPS) is 17.0. The molecule has 0 radical (unpaired) electrons. The van der Waals surface area contributed by atoms with Crippen LogP contribution in [0.2, 0.25) is 0 Å². The molecule has 2 heterocycles. The van der Waals surface area contributed by atoms with Gasteiger partial charge in [0.25, 0.3) is 0 Å². The topological polar surface area (TPSA) is 85.1 Å². The largest absolute Gasteiger partial charge is 0.469 e. The number of carbonyl (C=O) groups is 2. The van der Waals surface area contributed by atoms with Gasteiger partial charge in [0.05, 0.1) is 17.5 Å². The molecule has 24 heavy (non-hydrogen) atoms. The molecular formula is C18H21N3O3. The van der Waals surface area contributed by atoms with Crippen molar-refractivity contribution in [3.8, 4) is 0 Å². The third-order valence-electron chi connectivity index (χ3n) is 4.58. The highest BCUT2D eigenvalue weighted by Gasteiger charge is 2.29. The molecule has 6 nitrogen and oxygen atoms in total. The van der Waals surface area contributed by atoms with Crippen LogP contribution in [0.1, 0.15) is 60.8 Å². The number of ketones is 1. The zero-order valence-corrected chi connectivity index (χ0v) is 13.9. The van der Waals surface area contributed by atoms with E-state index >= 15 is 0 Å². The fourth-order valence-corrected chi connectivity index (χ4v) is 3.10. The van der Waals surface area contributed by atoms with E-state index in [9.17, 15) is 9.59 Å². The van der Waals surface area contributed by atoms with E-state index in [1.807, 2.05) is 26.0 Å². The van der Waals surface area contributed by atoms with Gasteiger partial charge in [0.2, 0.25) is 11.9 Å². The van der Waals surface area contributed by atoms with Crippen LogP contribution in [0.15, 0.2) is 29.0 Å². The molecule has 1 amide bonds. The lowest BCUT2D eigenvalue weighted by Gasteiger charge is -2.21. The van der Waals surface area contributed by atoms with Gasteiger partial charge in [-0.1, -0.05) is 13.8 Å². The first kappa shape index (κ1) is 16.4. The molecule has 2 aromatic heterocycles. The number of fused-ring (bicyclic) bond motifs is 1. The predicted octanol–water partition coefficient (Wildman–Crippen LogP) is 3.36. The second-order valence-corrected chi connectivity index (χ2v) is 6.10. The van der Waals surface area contributed by atoms with Crippen molar-refractivity contribution in [1.82, 2.24) is 9.97 Å². The Bertz CT molecular complexity index is 736. The van der Waals surface area contributed by atoms with Crippen molar-refractivity contribution >= 4 is 17.6 Å². The van der Waals surface area contributed by atoms with Crippen molar-refractivity contribution in [3.63, 3.8) is 0 Å². The van der Waals surface area contributed by atoms with Crippen LogP contribution in [0.25, 0.3) is 0 Å². The summed E-state index contributed by atoms with van der Waals surface area (Å²) in [6, 6.07) is 3.69. The highest BCUT2D eigenvalue weighted by atomic mass is 16.3. The van der Waals surface area contributed by atoms with E-state index in [2.05, 4.69) is 15.3 Å². The van der Waals surface area contributed by atoms with Crippen molar-refractivity contribution in [1.29, 1.82) is 0 Å². The van der Waals surface area contributed by atoms with Gasteiger partial charge in [-0.25, -0.2) is 9.97 Å². The SMILES string of the molecule is CCC(CC)C(=O)Nc1ncc2c(n1)C[C@H](c1ccco1)CC2=O. The Morgan fingerprint density at radius 2 is 2.17 bits per heavy atom. The summed E-state index contributed by atoms with van der Waals surface area (Å²) in [7, 11) is 0. The molecule has 0 spiro atoms. The molecule has 1 aliphatic rings. The maximum Gasteiger partial charge on any atom is 0.229 e. The molecule has 0 fully saturated rings. The Labute approximate surface area is 140 Å². The molecule has 126 valence electrons. The van der Waals surface area contributed by atoms with E-state index in [0.29, 0.717) is 24.1 Å². The van der Waals surface area contributed by atoms with Crippen LogP contribution in [0.5, 0.6) is 0 Å². The van der Waals surface area contributed by atoms with Gasteiger partial charge in [0.15, 0.2) is 5.78 Å². The van der Waals surface area contributed by atoms with Crippen molar-refractivity contribution in [2.45, 2.75) is 45.4 Å². The highest BCUT2D eigenvalue weighted by Crippen LogP contribution is 2.32. The van der Waals surface area contributed by atoms with E-state index < -0.39 is 0 Å². The summed E-state index contributed by atoms with van der Waals surface area (Å²) >= 11 is 0. The molecule has 0 saturated carbocycles. The lowest BCUT2D eigenvalue weighted by Crippen LogP contribution is -2.25. The number of rotatable bonds is 5. The minimum absolute atomic E-state index is 0.00974. The van der Waals surface area contributed by atoms with Crippen LogP contribution in [0, 0.1) is 5.92 Å². The molecule has 1 atom stereocenters. The van der Waals surface area contributed by atoms with E-state index in [4.69, 9.17) is 4.42 Å². The summed E-state index contributed by atoms with van der Waals surface area (Å²) in [4.78, 5) is 33.0. The predicted molar refractivity (Wildman–Crippen MR) is 88.8 cm³/mol. The van der Waals surface area contributed by atoms with Gasteiger partial charge in [-0.3, -0.25) is 14.9 Å². The monoisotopic (exact) mass is 327 g/mol. The van der Waals surface area contributed by atoms with E-state index in [0.717, 1.165) is 18.6 Å². The molecule has 1 N–H and O–H groups in total. The zero-order valence-electron chi connectivity index (χ0n) is 13.9. The number of amides is 1. The first-order valence-corrected chi connectivity index (χ1v) is 8.35. The Hall–Kier alpha value is -2.50. The summed E-state index contributed by atoms with van der Waals surface area (Å²) < 4.78 is 5.43. The fourth-order valence-electron chi connectivity index (χ4n) is 3.10. The standard InChI is InChI=1S/C18H21N3O3/c1-3-11(4-2)17(23)21-18-19-10-13-14(20-18)8-12(9-15(13)22)16-6-5-7-24-16/h5-7,10-12H,3-4,8-9H2,1-2H3,(H,19,20,21,23)/t12-/m0/s1. The van der Waals surface area contributed by atoms with Crippen molar-refractivity contribution in [2.24, 2.45) is 5.92 Å². The summed E-state index contributed by atoms with van der Waals surface area (Å²) in [6.07, 6.45) is 5.66. The molecule has 1 aliphatic carbocycles. The number of Topliss-reactive ketones (excluding diaryl/α,β-unsaturated/α-hetero) is 1. The third-order valence-corrected chi connectivity index (χ3v) is 4.58. The van der Waals surface area contributed by atoms with Crippen LogP contribution in [-0.2, 0) is 11.2 Å². The fraction of sp³-hybridized carbons (Fsp3) is 0.444. The minimum Gasteiger partial charge on any atom is -0.469 e. The molecule has 3 rings (SSSR count). The number of nitrogens with one attached hydrogen (secondary N) is 1. The second-order valence-electron chi connectivity index (χ2n) is 6.10. The maximum absolute atomic E-state index is 12.3. The van der Waals surface area contributed by atoms with E-state index in [1.165, 1.54) is 6.20 Å². The van der Waals surface area contributed by atoms with Crippen LogP contribution in [-0.4, -0.2) is 21.7 Å². The maximum atomic E-state index is 12.3. The lowest BCUT2D eigenvalue weighted by atomic mass is 9.85. The Kier molecular flexibility index (Phi) is 4.74. The Balaban J connectivity index is 1.81. The number of carbonyl (C=O) groups excluding carboxylic acids is 2. The smallest absolute Gasteiger partial charge is 0.229 e. The van der Waals surface area contributed by atoms with E-state index in [-0.39, 0.29) is 29.5 Å². The summed E-state index contributed by atoms with van der Waals surface area (Å²) in [5, 5.41) is 2.76. The first-order valence-electron chi connectivity index (χ1n) is 8.35. The van der Waals surface area contributed by atoms with Crippen LogP contribution in [0.3, 0.4) is 0 Å². The van der Waals surface area contributed by atoms with Gasteiger partial charge >= 0.3 is 0 Å². The second kappa shape index (κ2) is 6.95. The Morgan fingerprint density at radius 3 is 2.83 bits per heavy atom. The number of anilines is 1. The number of hydrogen-bond acceptors (Lipinski definition) is 5. The summed E-state index contributed by atoms with van der Waals surface area (Å²) in [6.45, 7) is 3.96. The molecular weight excluding hydrogens is 306 g/mol. The van der Waals surface area contributed by atoms with Gasteiger partial charge in [-0.05, 0) is 25.0 Å². The van der Waals surface area contributed by atoms with Gasteiger partial charge in [-0.2, -0.15) is 0 Å². The van der Waals surface area contributed by atoms with Gasteiger partial charge in [-0.15, -0.1) is 0 Å². The van der Waals surface area contributed by atoms with Gasteiger partial charge in [0, 0.05) is 30.9 Å². The molecule has 0 aliphatic heterocycles. The summed E-state index contributed by atoms with van der Waals surface area (Å²) in [5.74, 6) is 0.911. The molecule has 0 bridgehead atoms. The van der Waals surface area contributed by atoms with Crippen LogP contribution >= 0.6 is 0 Å². The van der Waals surface area contributed by atoms with Crippen molar-refractivity contribution < 1.29 is 14.0 Å². The zero-order chi connectivity index (χ0) is 17.1. The first-order chi connectivity index (χ1) is 11.6. The average molecular weight is 327 g/mol. The average Bonchev–Trinajstić information content (AvgIpc) is 3.10. The number of furan rings is 1. The molecule has 0 unspecified atom stereocenters. The number of aromatic nitrogens is 2. The minimum atomic E-state index is -0.0790. The van der Waals surface area contributed by atoms with Crippen molar-refractivity contribution in [3.05, 3.63) is 41.6 Å². The third kappa shape index (κ3) is 3.22. The Morgan fingerprint density at radius 1 is 1.38 bits per heavy atom. The van der Waals surface area contributed by atoms with Crippen molar-refractivity contribution in [2.75, 3.05) is 5.32 Å². The molecule has 2 aromatic rings. The summed E-state index contributed by atoms with van der Waals surface area (Å²) in [5.41, 5.74) is 1.21. The highest BCUT2D eigenvalue weighted by molar-refractivity contribution is 5.98. The molecule has 0 aromatic carbocycles. The van der Waals surface area contributed by atoms with E-state index in [1.54, 1.807) is 6.26 Å². The lowest BCUT2D eigenvalue weighted by molar-refractivity contribution is -0.120. The van der Waals surface area contributed by atoms with Crippen LogP contribution in [0.4, 0.5) is 5.95 Å². The molecule has 0 saturated heterocycles. The number of nitrogens with zero attached hydrogens (tertiary/aromatic N) is 2. The van der Waals surface area contributed by atoms with Crippen LogP contribution < -0.4 is 5.32 Å².